The molecular weight excluding hydrogens is 503 g/mol. The molecule has 1 amide bonds. The number of halogens is 2. The molecule has 2 aromatic heterocycles. The summed E-state index contributed by atoms with van der Waals surface area (Å²) in [5.74, 6) is -0.535. The van der Waals surface area contributed by atoms with E-state index in [1.807, 2.05) is 0 Å². The van der Waals surface area contributed by atoms with Crippen LogP contribution in [0.5, 0.6) is 5.75 Å². The van der Waals surface area contributed by atoms with Crippen LogP contribution in [0.2, 0.25) is 10.0 Å². The van der Waals surface area contributed by atoms with Gasteiger partial charge in [0.05, 0.1) is 33.6 Å². The van der Waals surface area contributed by atoms with Gasteiger partial charge < -0.3 is 20.1 Å². The number of rotatable bonds is 6. The maximum Gasteiger partial charge on any atom is 0.341 e. The van der Waals surface area contributed by atoms with Gasteiger partial charge in [0, 0.05) is 37.8 Å². The van der Waals surface area contributed by atoms with E-state index in [-0.39, 0.29) is 40.3 Å². The smallest absolute Gasteiger partial charge is 0.341 e. The first-order valence-electron chi connectivity index (χ1n) is 11.8. The van der Waals surface area contributed by atoms with Gasteiger partial charge in [-0.1, -0.05) is 23.2 Å². The summed E-state index contributed by atoms with van der Waals surface area (Å²) in [7, 11) is 3.55. The Labute approximate surface area is 219 Å². The lowest BCUT2D eigenvalue weighted by molar-refractivity contribution is -0.133. The Morgan fingerprint density at radius 3 is 2.42 bits per heavy atom. The second-order valence-electron chi connectivity index (χ2n) is 9.05. The number of amides is 1. The average molecular weight is 531 g/mol. The summed E-state index contributed by atoms with van der Waals surface area (Å²) in [5.41, 5.74) is 3.10. The molecule has 2 heterocycles. The predicted octanol–water partition coefficient (Wildman–Crippen LogP) is 5.54. The van der Waals surface area contributed by atoms with Crippen LogP contribution in [0.25, 0.3) is 22.3 Å². The molecule has 1 aromatic carbocycles. The van der Waals surface area contributed by atoms with Gasteiger partial charge in [-0.25, -0.2) is 9.78 Å². The third-order valence-corrected chi connectivity index (χ3v) is 6.96. The zero-order valence-electron chi connectivity index (χ0n) is 20.3. The maximum absolute atomic E-state index is 12.8. The molecule has 0 radical (unpaired) electrons. The average Bonchev–Trinajstić information content (AvgIpc) is 2.87. The number of aromatic nitrogens is 2. The zero-order valence-corrected chi connectivity index (χ0v) is 21.9. The third-order valence-electron chi connectivity index (χ3n) is 6.39. The van der Waals surface area contributed by atoms with E-state index in [1.54, 1.807) is 50.2 Å². The molecule has 1 aliphatic rings. The van der Waals surface area contributed by atoms with Gasteiger partial charge in [0.15, 0.2) is 5.75 Å². The molecule has 10 heteroatoms. The molecule has 1 saturated carbocycles. The summed E-state index contributed by atoms with van der Waals surface area (Å²) < 4.78 is 5.28. The number of nitrogens with zero attached hydrogens (tertiary/aromatic N) is 3. The van der Waals surface area contributed by atoms with Crippen molar-refractivity contribution < 1.29 is 19.4 Å². The highest BCUT2D eigenvalue weighted by molar-refractivity contribution is 6.37. The molecule has 0 spiro atoms. The molecule has 2 N–H and O–H groups in total. The Morgan fingerprint density at radius 1 is 1.14 bits per heavy atom. The lowest BCUT2D eigenvalue weighted by atomic mass is 9.85. The van der Waals surface area contributed by atoms with Crippen molar-refractivity contribution in [3.63, 3.8) is 0 Å². The van der Waals surface area contributed by atoms with Crippen LogP contribution in [-0.2, 0) is 9.53 Å². The van der Waals surface area contributed by atoms with E-state index in [2.05, 4.69) is 10.3 Å². The number of hydrogen-bond acceptors (Lipinski definition) is 7. The van der Waals surface area contributed by atoms with Crippen molar-refractivity contribution in [3.05, 3.63) is 46.1 Å². The van der Waals surface area contributed by atoms with E-state index in [0.29, 0.717) is 33.5 Å². The normalized spacial score (nSPS) is 17.6. The topological polar surface area (TPSA) is 105 Å². The van der Waals surface area contributed by atoms with Gasteiger partial charge in [-0.2, -0.15) is 0 Å². The number of fused-ring (bicyclic) bond motifs is 1. The largest absolute Gasteiger partial charge is 0.505 e. The summed E-state index contributed by atoms with van der Waals surface area (Å²) in [6.45, 7) is 1.98. The first-order valence-corrected chi connectivity index (χ1v) is 12.6. The van der Waals surface area contributed by atoms with Crippen molar-refractivity contribution in [2.45, 2.75) is 38.6 Å². The molecule has 36 heavy (non-hydrogen) atoms. The molecule has 3 aromatic rings. The van der Waals surface area contributed by atoms with Crippen molar-refractivity contribution >= 4 is 51.8 Å². The van der Waals surface area contributed by atoms with Crippen molar-refractivity contribution in [3.8, 4) is 17.0 Å². The molecule has 0 aliphatic heterocycles. The molecular formula is C26H28Cl2N4O4. The number of ether oxygens (including phenoxy) is 1. The summed E-state index contributed by atoms with van der Waals surface area (Å²) in [4.78, 5) is 36.1. The minimum absolute atomic E-state index is 0.00508. The molecule has 1 fully saturated rings. The quantitative estimate of drug-likeness (QED) is 0.402. The van der Waals surface area contributed by atoms with Gasteiger partial charge in [-0.05, 0) is 56.9 Å². The molecule has 0 saturated heterocycles. The van der Waals surface area contributed by atoms with Crippen LogP contribution in [0.4, 0.5) is 5.69 Å². The number of carbonyl (C=O) groups excluding carboxylic acids is 2. The standard InChI is InChI=1S/C26H28Cl2N4O4/c1-4-36-26(35)17-13-29-21-10-9-20(15-11-18(27)24(33)19(28)12-15)31-23(21)22(17)30-16-7-5-14(6-8-16)25(34)32(2)3/h9-14,16,33H,4-8H2,1-3H3,(H,29,30). The van der Waals surface area contributed by atoms with Gasteiger partial charge in [0.2, 0.25) is 5.91 Å². The SMILES string of the molecule is CCOC(=O)c1cnc2ccc(-c3cc(Cl)c(O)c(Cl)c3)nc2c1NC1CCC(C(=O)N(C)C)CC1. The van der Waals surface area contributed by atoms with Gasteiger partial charge in [-0.3, -0.25) is 9.78 Å². The van der Waals surface area contributed by atoms with E-state index in [1.165, 1.54) is 6.20 Å². The van der Waals surface area contributed by atoms with E-state index >= 15 is 0 Å². The van der Waals surface area contributed by atoms with Gasteiger partial charge in [0.25, 0.3) is 0 Å². The number of hydrogen-bond donors (Lipinski definition) is 2. The summed E-state index contributed by atoms with van der Waals surface area (Å²) in [6, 6.07) is 6.79. The molecule has 190 valence electrons. The van der Waals surface area contributed by atoms with Crippen molar-refractivity contribution in [2.24, 2.45) is 5.92 Å². The van der Waals surface area contributed by atoms with Crippen LogP contribution in [0.1, 0.15) is 43.0 Å². The molecule has 1 aliphatic carbocycles. The third kappa shape index (κ3) is 5.34. The summed E-state index contributed by atoms with van der Waals surface area (Å²) in [6.07, 6.45) is 4.57. The Balaban J connectivity index is 1.73. The Morgan fingerprint density at radius 2 is 1.81 bits per heavy atom. The lowest BCUT2D eigenvalue weighted by Gasteiger charge is -2.31. The number of benzene rings is 1. The molecule has 0 atom stereocenters. The van der Waals surface area contributed by atoms with Crippen molar-refractivity contribution in [1.82, 2.24) is 14.9 Å². The highest BCUT2D eigenvalue weighted by atomic mass is 35.5. The first kappa shape index (κ1) is 26.0. The zero-order chi connectivity index (χ0) is 26.0. The number of pyridine rings is 2. The molecule has 4 rings (SSSR count). The fourth-order valence-corrected chi connectivity index (χ4v) is 4.99. The number of esters is 1. The number of phenolic OH excluding ortho intramolecular Hbond substituents is 1. The van der Waals surface area contributed by atoms with Crippen molar-refractivity contribution in [2.75, 3.05) is 26.0 Å². The Hall–Kier alpha value is -3.10. The van der Waals surface area contributed by atoms with Crippen LogP contribution in [0.3, 0.4) is 0 Å². The van der Waals surface area contributed by atoms with E-state index < -0.39 is 5.97 Å². The number of aromatic hydroxyl groups is 1. The van der Waals surface area contributed by atoms with Crippen LogP contribution in [0.15, 0.2) is 30.5 Å². The van der Waals surface area contributed by atoms with Crippen molar-refractivity contribution in [1.29, 1.82) is 0 Å². The van der Waals surface area contributed by atoms with Crippen LogP contribution >= 0.6 is 23.2 Å². The number of anilines is 1. The van der Waals surface area contributed by atoms with Gasteiger partial charge in [0.1, 0.15) is 11.1 Å². The van der Waals surface area contributed by atoms with Gasteiger partial charge >= 0.3 is 5.97 Å². The maximum atomic E-state index is 12.8. The molecule has 8 nitrogen and oxygen atoms in total. The van der Waals surface area contributed by atoms with Gasteiger partial charge in [-0.15, -0.1) is 0 Å². The van der Waals surface area contributed by atoms with Crippen LogP contribution < -0.4 is 5.32 Å². The fourth-order valence-electron chi connectivity index (χ4n) is 4.50. The van der Waals surface area contributed by atoms with E-state index in [4.69, 9.17) is 32.9 Å². The predicted molar refractivity (Wildman–Crippen MR) is 141 cm³/mol. The van der Waals surface area contributed by atoms with Crippen LogP contribution in [0, 0.1) is 5.92 Å². The van der Waals surface area contributed by atoms with E-state index in [9.17, 15) is 14.7 Å². The highest BCUT2D eigenvalue weighted by Crippen LogP contribution is 2.37. The minimum Gasteiger partial charge on any atom is -0.505 e. The Kier molecular flexibility index (Phi) is 7.85. The van der Waals surface area contributed by atoms with Crippen LogP contribution in [-0.4, -0.2) is 58.6 Å². The number of nitrogens with one attached hydrogen (secondary N) is 1. The number of phenols is 1. The second kappa shape index (κ2) is 10.9. The second-order valence-corrected chi connectivity index (χ2v) is 9.86. The monoisotopic (exact) mass is 530 g/mol. The van der Waals surface area contributed by atoms with E-state index in [0.717, 1.165) is 25.7 Å². The fraction of sp³-hybridized carbons (Fsp3) is 0.385. The first-order chi connectivity index (χ1) is 17.2. The summed E-state index contributed by atoms with van der Waals surface area (Å²) in [5, 5.41) is 13.7. The highest BCUT2D eigenvalue weighted by Gasteiger charge is 2.29. The molecule has 0 bridgehead atoms. The molecule has 0 unspecified atom stereocenters. The lowest BCUT2D eigenvalue weighted by Crippen LogP contribution is -2.35. The Bertz CT molecular complexity index is 1280. The minimum atomic E-state index is -0.492. The number of carbonyl (C=O) groups is 2. The summed E-state index contributed by atoms with van der Waals surface area (Å²) >= 11 is 12.3.